The van der Waals surface area contributed by atoms with Crippen LogP contribution in [-0.2, 0) is 0 Å². The van der Waals surface area contributed by atoms with E-state index in [0.717, 1.165) is 17.3 Å². The highest BCUT2D eigenvalue weighted by molar-refractivity contribution is 6.31. The van der Waals surface area contributed by atoms with Gasteiger partial charge < -0.3 is 14.7 Å². The van der Waals surface area contributed by atoms with Crippen molar-refractivity contribution < 1.29 is 4.84 Å². The molecule has 0 spiro atoms. The van der Waals surface area contributed by atoms with Crippen LogP contribution in [0, 0.1) is 0 Å². The number of nitrogens with zero attached hydrogens (tertiary/aromatic N) is 1. The predicted molar refractivity (Wildman–Crippen MR) is 123 cm³/mol. The van der Waals surface area contributed by atoms with Crippen LogP contribution in [0.15, 0.2) is 48.7 Å². The summed E-state index contributed by atoms with van der Waals surface area (Å²) in [5.74, 6) is 2.20. The van der Waals surface area contributed by atoms with E-state index in [2.05, 4.69) is 51.9 Å². The topological polar surface area (TPSA) is 40.3 Å². The number of para-hydroxylation sites is 1. The third-order valence-electron chi connectivity index (χ3n) is 6.85. The third kappa shape index (κ3) is 4.22. The lowest BCUT2D eigenvalue weighted by molar-refractivity contribution is 0.161. The van der Waals surface area contributed by atoms with Crippen molar-refractivity contribution in [2.75, 3.05) is 26.2 Å². The van der Waals surface area contributed by atoms with Crippen LogP contribution in [0.25, 0.3) is 10.9 Å². The molecule has 1 unspecified atom stereocenters. The van der Waals surface area contributed by atoms with Crippen LogP contribution in [0.2, 0.25) is 5.02 Å². The van der Waals surface area contributed by atoms with Gasteiger partial charge in [0.15, 0.2) is 5.75 Å². The fourth-order valence-corrected chi connectivity index (χ4v) is 5.32. The Morgan fingerprint density at radius 2 is 1.90 bits per heavy atom. The zero-order valence-electron chi connectivity index (χ0n) is 17.4. The second-order valence-electron chi connectivity index (χ2n) is 8.73. The number of hydrogen-bond donors (Lipinski definition) is 2. The normalized spacial score (nSPS) is 20.2. The Morgan fingerprint density at radius 3 is 2.80 bits per heavy atom. The summed E-state index contributed by atoms with van der Waals surface area (Å²) < 4.78 is 0. The number of H-pyrrole nitrogens is 1. The standard InChI is InChI=1S/C25H30ClN3O/c26-20-8-9-24-22(15-20)23(17-27-24)18-10-13-29(14-11-18)12-4-3-5-19-16-28-30-25-7-2-1-6-21(19)25/h1-2,6-9,15,17-19,27-28H,3-5,10-14,16H2. The number of halogens is 1. The van der Waals surface area contributed by atoms with Crippen molar-refractivity contribution in [2.24, 2.45) is 0 Å². The molecule has 3 aromatic rings. The number of rotatable bonds is 6. The van der Waals surface area contributed by atoms with Gasteiger partial charge in [-0.05, 0) is 81.1 Å². The second kappa shape index (κ2) is 9.01. The maximum absolute atomic E-state index is 6.23. The minimum absolute atomic E-state index is 0.564. The molecule has 0 saturated carbocycles. The first-order chi connectivity index (χ1) is 14.8. The molecular weight excluding hydrogens is 394 g/mol. The van der Waals surface area contributed by atoms with Crippen LogP contribution in [0.4, 0.5) is 0 Å². The number of likely N-dealkylation sites (tertiary alicyclic amines) is 1. The smallest absolute Gasteiger partial charge is 0.150 e. The number of nitrogens with one attached hydrogen (secondary N) is 2. The molecule has 1 aromatic heterocycles. The van der Waals surface area contributed by atoms with E-state index >= 15 is 0 Å². The quantitative estimate of drug-likeness (QED) is 0.488. The molecule has 2 aliphatic rings. The Labute approximate surface area is 183 Å². The summed E-state index contributed by atoms with van der Waals surface area (Å²) in [5.41, 5.74) is 7.09. The number of benzene rings is 2. The lowest BCUT2D eigenvalue weighted by Gasteiger charge is -2.32. The molecule has 2 N–H and O–H groups in total. The van der Waals surface area contributed by atoms with Gasteiger partial charge in [0.2, 0.25) is 0 Å². The molecule has 0 amide bonds. The highest BCUT2D eigenvalue weighted by Crippen LogP contribution is 2.35. The van der Waals surface area contributed by atoms with Crippen molar-refractivity contribution in [1.29, 1.82) is 0 Å². The number of hydroxylamine groups is 1. The van der Waals surface area contributed by atoms with Gasteiger partial charge in [0.05, 0.1) is 0 Å². The van der Waals surface area contributed by atoms with E-state index in [9.17, 15) is 0 Å². The molecule has 3 heterocycles. The minimum Gasteiger partial charge on any atom is -0.408 e. The molecule has 0 radical (unpaired) electrons. The van der Waals surface area contributed by atoms with Crippen molar-refractivity contribution in [3.63, 3.8) is 0 Å². The first kappa shape index (κ1) is 19.9. The van der Waals surface area contributed by atoms with Gasteiger partial charge in [-0.3, -0.25) is 0 Å². The summed E-state index contributed by atoms with van der Waals surface area (Å²) in [6.45, 7) is 4.51. The summed E-state index contributed by atoms with van der Waals surface area (Å²) in [6, 6.07) is 14.6. The average Bonchev–Trinajstić information content (AvgIpc) is 3.20. The number of aromatic amines is 1. The van der Waals surface area contributed by atoms with Crippen molar-refractivity contribution in [2.45, 2.75) is 43.9 Å². The maximum atomic E-state index is 6.23. The highest BCUT2D eigenvalue weighted by Gasteiger charge is 2.23. The van der Waals surface area contributed by atoms with E-state index in [-0.39, 0.29) is 0 Å². The van der Waals surface area contributed by atoms with Crippen molar-refractivity contribution in [1.82, 2.24) is 15.4 Å². The molecule has 4 nitrogen and oxygen atoms in total. The van der Waals surface area contributed by atoms with E-state index in [4.69, 9.17) is 16.4 Å². The van der Waals surface area contributed by atoms with Gasteiger partial charge >= 0.3 is 0 Å². The Hall–Kier alpha value is -2.01. The van der Waals surface area contributed by atoms with Gasteiger partial charge in [-0.25, -0.2) is 0 Å². The molecule has 158 valence electrons. The largest absolute Gasteiger partial charge is 0.408 e. The van der Waals surface area contributed by atoms with E-state index in [1.54, 1.807) is 0 Å². The molecule has 1 fully saturated rings. The van der Waals surface area contributed by atoms with Crippen LogP contribution in [-0.4, -0.2) is 36.1 Å². The van der Waals surface area contributed by atoms with Crippen LogP contribution in [0.5, 0.6) is 5.75 Å². The van der Waals surface area contributed by atoms with Crippen molar-refractivity contribution >= 4 is 22.5 Å². The van der Waals surface area contributed by atoms with E-state index in [1.807, 2.05) is 12.1 Å². The number of hydrogen-bond acceptors (Lipinski definition) is 3. The molecule has 1 saturated heterocycles. The van der Waals surface area contributed by atoms with Gasteiger partial charge in [0.25, 0.3) is 0 Å². The molecule has 5 heteroatoms. The Balaban J connectivity index is 1.09. The number of piperidine rings is 1. The maximum Gasteiger partial charge on any atom is 0.150 e. The Morgan fingerprint density at radius 1 is 1.03 bits per heavy atom. The van der Waals surface area contributed by atoms with E-state index < -0.39 is 0 Å². The Kier molecular flexibility index (Phi) is 5.98. The summed E-state index contributed by atoms with van der Waals surface area (Å²) in [7, 11) is 0. The van der Waals surface area contributed by atoms with E-state index in [1.165, 1.54) is 73.8 Å². The van der Waals surface area contributed by atoms with Gasteiger partial charge in [-0.2, -0.15) is 5.48 Å². The van der Waals surface area contributed by atoms with Crippen LogP contribution < -0.4 is 10.3 Å². The number of fused-ring (bicyclic) bond motifs is 2. The first-order valence-corrected chi connectivity index (χ1v) is 11.6. The first-order valence-electron chi connectivity index (χ1n) is 11.3. The molecule has 2 aliphatic heterocycles. The van der Waals surface area contributed by atoms with Crippen LogP contribution >= 0.6 is 11.6 Å². The highest BCUT2D eigenvalue weighted by atomic mass is 35.5. The average molecular weight is 424 g/mol. The van der Waals surface area contributed by atoms with Gasteiger partial charge in [0, 0.05) is 40.1 Å². The summed E-state index contributed by atoms with van der Waals surface area (Å²) in [4.78, 5) is 11.6. The van der Waals surface area contributed by atoms with Crippen molar-refractivity contribution in [3.8, 4) is 5.75 Å². The number of aromatic nitrogens is 1. The minimum atomic E-state index is 0.564. The fraction of sp³-hybridized carbons (Fsp3) is 0.440. The zero-order chi connectivity index (χ0) is 20.3. The summed E-state index contributed by atoms with van der Waals surface area (Å²) in [5, 5.41) is 2.12. The van der Waals surface area contributed by atoms with E-state index in [0.29, 0.717) is 11.8 Å². The lowest BCUT2D eigenvalue weighted by atomic mass is 9.89. The third-order valence-corrected chi connectivity index (χ3v) is 7.09. The van der Waals surface area contributed by atoms with Crippen molar-refractivity contribution in [3.05, 3.63) is 64.8 Å². The van der Waals surface area contributed by atoms with Gasteiger partial charge in [-0.1, -0.05) is 36.2 Å². The van der Waals surface area contributed by atoms with Crippen LogP contribution in [0.3, 0.4) is 0 Å². The monoisotopic (exact) mass is 423 g/mol. The SMILES string of the molecule is Clc1ccc2[nH]cc(C3CCN(CCCCC4CNOc5ccccc54)CC3)c2c1. The summed E-state index contributed by atoms with van der Waals surface area (Å²) >= 11 is 6.23. The molecule has 2 aromatic carbocycles. The molecule has 5 rings (SSSR count). The zero-order valence-corrected chi connectivity index (χ0v) is 18.1. The van der Waals surface area contributed by atoms with Crippen LogP contribution in [0.1, 0.15) is 55.1 Å². The Bertz CT molecular complexity index is 993. The molecule has 1 atom stereocenters. The fourth-order valence-electron chi connectivity index (χ4n) is 5.14. The molecule has 30 heavy (non-hydrogen) atoms. The molecule has 0 aliphatic carbocycles. The lowest BCUT2D eigenvalue weighted by Crippen LogP contribution is -2.34. The number of unbranched alkanes of at least 4 members (excludes halogenated alkanes) is 1. The van der Waals surface area contributed by atoms with Gasteiger partial charge in [-0.15, -0.1) is 0 Å². The predicted octanol–water partition coefficient (Wildman–Crippen LogP) is 5.85. The second-order valence-corrected chi connectivity index (χ2v) is 9.17. The summed E-state index contributed by atoms with van der Waals surface area (Å²) in [6.07, 6.45) is 8.42. The molecular formula is C25H30ClN3O. The van der Waals surface area contributed by atoms with Gasteiger partial charge in [0.1, 0.15) is 0 Å². The molecule has 0 bridgehead atoms.